The molecule has 0 aliphatic carbocycles. The number of ether oxygens (including phenoxy) is 1. The van der Waals surface area contributed by atoms with Gasteiger partial charge in [-0.05, 0) is 35.6 Å². The summed E-state index contributed by atoms with van der Waals surface area (Å²) in [5, 5.41) is 9.51. The molecule has 1 heterocycles. The Kier molecular flexibility index (Phi) is 7.28. The number of hydrogen-bond acceptors (Lipinski definition) is 4. The van der Waals surface area contributed by atoms with Gasteiger partial charge in [0.1, 0.15) is 5.75 Å². The van der Waals surface area contributed by atoms with Gasteiger partial charge in [-0.25, -0.2) is 0 Å². The number of carbonyl (C=O) groups excluding carboxylic acids is 2. The molecule has 0 spiro atoms. The molecular formula is C18H21ClN2O3S. The van der Waals surface area contributed by atoms with E-state index in [1.807, 2.05) is 5.38 Å². The van der Waals surface area contributed by atoms with E-state index in [-0.39, 0.29) is 24.8 Å². The van der Waals surface area contributed by atoms with Crippen molar-refractivity contribution in [2.75, 3.05) is 18.5 Å². The first-order valence-corrected chi connectivity index (χ1v) is 9.30. The van der Waals surface area contributed by atoms with Crippen molar-refractivity contribution in [2.24, 2.45) is 5.92 Å². The van der Waals surface area contributed by atoms with Crippen molar-refractivity contribution < 1.29 is 14.3 Å². The third-order valence-corrected chi connectivity index (χ3v) is 4.19. The number of anilines is 1. The van der Waals surface area contributed by atoms with Gasteiger partial charge in [-0.3, -0.25) is 9.59 Å². The minimum atomic E-state index is -0.197. The monoisotopic (exact) mass is 380 g/mol. The zero-order chi connectivity index (χ0) is 18.2. The average Bonchev–Trinajstić information content (AvgIpc) is 3.08. The highest BCUT2D eigenvalue weighted by Crippen LogP contribution is 2.28. The first-order valence-electron chi connectivity index (χ1n) is 7.98. The molecule has 134 valence electrons. The second-order valence-corrected chi connectivity index (χ2v) is 7.10. The lowest BCUT2D eigenvalue weighted by molar-refractivity contribution is -0.116. The van der Waals surface area contributed by atoms with Gasteiger partial charge in [-0.15, -0.1) is 0 Å². The molecule has 5 nitrogen and oxygen atoms in total. The van der Waals surface area contributed by atoms with Crippen molar-refractivity contribution in [3.63, 3.8) is 0 Å². The van der Waals surface area contributed by atoms with Gasteiger partial charge in [0.25, 0.3) is 5.91 Å². The minimum absolute atomic E-state index is 0.177. The first kappa shape index (κ1) is 19.3. The van der Waals surface area contributed by atoms with E-state index in [4.69, 9.17) is 16.3 Å². The van der Waals surface area contributed by atoms with E-state index in [1.54, 1.807) is 29.6 Å². The smallest absolute Gasteiger partial charge is 0.252 e. The number of carbonyl (C=O) groups is 2. The predicted octanol–water partition coefficient (Wildman–Crippen LogP) is 4.19. The molecule has 7 heteroatoms. The van der Waals surface area contributed by atoms with Crippen LogP contribution in [0.5, 0.6) is 5.75 Å². The van der Waals surface area contributed by atoms with E-state index >= 15 is 0 Å². The van der Waals surface area contributed by atoms with Gasteiger partial charge in [-0.1, -0.05) is 25.4 Å². The Bertz CT molecular complexity index is 717. The molecule has 1 aromatic heterocycles. The van der Waals surface area contributed by atoms with Gasteiger partial charge in [-0.2, -0.15) is 11.3 Å². The SMILES string of the molecule is CC(C)COc1ccc(NC(=O)CCNC(=O)c2ccsc2)cc1Cl. The van der Waals surface area contributed by atoms with E-state index in [9.17, 15) is 9.59 Å². The number of benzene rings is 1. The lowest BCUT2D eigenvalue weighted by atomic mass is 10.2. The third kappa shape index (κ3) is 6.40. The lowest BCUT2D eigenvalue weighted by Gasteiger charge is -2.12. The highest BCUT2D eigenvalue weighted by molar-refractivity contribution is 7.08. The van der Waals surface area contributed by atoms with Crippen LogP contribution in [-0.4, -0.2) is 25.0 Å². The summed E-state index contributed by atoms with van der Waals surface area (Å²) in [4.78, 5) is 23.7. The van der Waals surface area contributed by atoms with E-state index in [0.717, 1.165) is 0 Å². The molecular weight excluding hydrogens is 360 g/mol. The standard InChI is InChI=1S/C18H21ClN2O3S/c1-12(2)10-24-16-4-3-14(9-15(16)19)21-17(22)5-7-20-18(23)13-6-8-25-11-13/h3-4,6,8-9,11-12H,5,7,10H2,1-2H3,(H,20,23)(H,21,22). The molecule has 0 unspecified atom stereocenters. The van der Waals surface area contributed by atoms with Gasteiger partial charge in [0.05, 0.1) is 11.6 Å². The minimum Gasteiger partial charge on any atom is -0.492 e. The molecule has 0 bridgehead atoms. The van der Waals surface area contributed by atoms with Crippen LogP contribution < -0.4 is 15.4 Å². The van der Waals surface area contributed by atoms with E-state index in [0.29, 0.717) is 34.5 Å². The largest absolute Gasteiger partial charge is 0.492 e. The van der Waals surface area contributed by atoms with Crippen molar-refractivity contribution >= 4 is 40.4 Å². The summed E-state index contributed by atoms with van der Waals surface area (Å²) in [5.74, 6) is 0.623. The number of halogens is 1. The molecule has 2 amide bonds. The summed E-state index contributed by atoms with van der Waals surface area (Å²) >= 11 is 7.62. The molecule has 2 rings (SSSR count). The average molecular weight is 381 g/mol. The fourth-order valence-electron chi connectivity index (χ4n) is 1.96. The van der Waals surface area contributed by atoms with Crippen LogP contribution >= 0.6 is 22.9 Å². The fourth-order valence-corrected chi connectivity index (χ4v) is 2.83. The Balaban J connectivity index is 1.78. The second-order valence-electron chi connectivity index (χ2n) is 5.92. The van der Waals surface area contributed by atoms with Gasteiger partial charge >= 0.3 is 0 Å². The van der Waals surface area contributed by atoms with E-state index in [1.165, 1.54) is 11.3 Å². The second kappa shape index (κ2) is 9.44. The molecule has 2 aromatic rings. The fraction of sp³-hybridized carbons (Fsp3) is 0.333. The van der Waals surface area contributed by atoms with Crippen LogP contribution in [0, 0.1) is 5.92 Å². The zero-order valence-corrected chi connectivity index (χ0v) is 15.7. The number of amides is 2. The van der Waals surface area contributed by atoms with Gasteiger partial charge in [0, 0.05) is 29.6 Å². The van der Waals surface area contributed by atoms with Crippen molar-refractivity contribution in [1.82, 2.24) is 5.32 Å². The van der Waals surface area contributed by atoms with Crippen LogP contribution in [0.4, 0.5) is 5.69 Å². The molecule has 0 fully saturated rings. The van der Waals surface area contributed by atoms with Crippen LogP contribution in [0.15, 0.2) is 35.0 Å². The van der Waals surface area contributed by atoms with Crippen LogP contribution in [0.2, 0.25) is 5.02 Å². The molecule has 0 atom stereocenters. The summed E-state index contributed by atoms with van der Waals surface area (Å²) in [7, 11) is 0. The summed E-state index contributed by atoms with van der Waals surface area (Å²) in [6.07, 6.45) is 0.180. The van der Waals surface area contributed by atoms with Gasteiger partial charge in [0.15, 0.2) is 0 Å². The summed E-state index contributed by atoms with van der Waals surface area (Å²) in [5.41, 5.74) is 1.20. The zero-order valence-electron chi connectivity index (χ0n) is 14.2. The van der Waals surface area contributed by atoms with E-state index < -0.39 is 0 Å². The van der Waals surface area contributed by atoms with Crippen LogP contribution in [0.25, 0.3) is 0 Å². The Labute approximate surface area is 156 Å². The number of rotatable bonds is 8. The molecule has 0 radical (unpaired) electrons. The van der Waals surface area contributed by atoms with Crippen LogP contribution in [0.1, 0.15) is 30.6 Å². The number of hydrogen-bond donors (Lipinski definition) is 2. The Hall–Kier alpha value is -2.05. The molecule has 0 saturated heterocycles. The van der Waals surface area contributed by atoms with Crippen LogP contribution in [-0.2, 0) is 4.79 Å². The van der Waals surface area contributed by atoms with Crippen LogP contribution in [0.3, 0.4) is 0 Å². The Morgan fingerprint density at radius 1 is 1.28 bits per heavy atom. The summed E-state index contributed by atoms with van der Waals surface area (Å²) in [6, 6.07) is 6.87. The summed E-state index contributed by atoms with van der Waals surface area (Å²) < 4.78 is 5.59. The molecule has 2 N–H and O–H groups in total. The maximum Gasteiger partial charge on any atom is 0.252 e. The van der Waals surface area contributed by atoms with E-state index in [2.05, 4.69) is 24.5 Å². The first-order chi connectivity index (χ1) is 12.0. The molecule has 0 aliphatic heterocycles. The third-order valence-electron chi connectivity index (χ3n) is 3.21. The van der Waals surface area contributed by atoms with Gasteiger partial charge in [0.2, 0.25) is 5.91 Å². The molecule has 1 aromatic carbocycles. The molecule has 25 heavy (non-hydrogen) atoms. The lowest BCUT2D eigenvalue weighted by Crippen LogP contribution is -2.27. The van der Waals surface area contributed by atoms with Gasteiger partial charge < -0.3 is 15.4 Å². The molecule has 0 aliphatic rings. The highest BCUT2D eigenvalue weighted by Gasteiger charge is 2.09. The van der Waals surface area contributed by atoms with Crippen molar-refractivity contribution in [3.8, 4) is 5.75 Å². The van der Waals surface area contributed by atoms with Crippen molar-refractivity contribution in [2.45, 2.75) is 20.3 Å². The highest BCUT2D eigenvalue weighted by atomic mass is 35.5. The Morgan fingerprint density at radius 2 is 2.08 bits per heavy atom. The quantitative estimate of drug-likeness (QED) is 0.721. The maximum absolute atomic E-state index is 12.0. The van der Waals surface area contributed by atoms with Crippen molar-refractivity contribution in [1.29, 1.82) is 0 Å². The Morgan fingerprint density at radius 3 is 2.72 bits per heavy atom. The predicted molar refractivity (Wildman–Crippen MR) is 102 cm³/mol. The summed E-state index contributed by atoms with van der Waals surface area (Å²) in [6.45, 7) is 4.96. The maximum atomic E-state index is 12.0. The number of thiophene rings is 1. The van der Waals surface area contributed by atoms with Crippen molar-refractivity contribution in [3.05, 3.63) is 45.6 Å². The normalized spacial score (nSPS) is 10.6. The topological polar surface area (TPSA) is 67.4 Å². The number of nitrogens with one attached hydrogen (secondary N) is 2. The molecule has 0 saturated carbocycles.